The van der Waals surface area contributed by atoms with E-state index in [9.17, 15) is 5.11 Å². The van der Waals surface area contributed by atoms with Gasteiger partial charge in [-0.05, 0) is 48.6 Å². The summed E-state index contributed by atoms with van der Waals surface area (Å²) in [5, 5.41) is 9.92. The van der Waals surface area contributed by atoms with Gasteiger partial charge in [-0.1, -0.05) is 36.4 Å². The first kappa shape index (κ1) is 20.5. The number of rotatable bonds is 8. The van der Waals surface area contributed by atoms with Crippen LogP contribution in [-0.2, 0) is 17.8 Å². The lowest BCUT2D eigenvalue weighted by molar-refractivity contribution is 0.116. The lowest BCUT2D eigenvalue weighted by Gasteiger charge is -2.19. The van der Waals surface area contributed by atoms with Gasteiger partial charge < -0.3 is 20.5 Å². The van der Waals surface area contributed by atoms with Crippen molar-refractivity contribution in [3.8, 4) is 0 Å². The van der Waals surface area contributed by atoms with E-state index in [0.717, 1.165) is 48.6 Å². The predicted molar refractivity (Wildman–Crippen MR) is 114 cm³/mol. The van der Waals surface area contributed by atoms with Crippen molar-refractivity contribution in [2.45, 2.75) is 44.9 Å². The maximum atomic E-state index is 9.92. The van der Waals surface area contributed by atoms with Crippen LogP contribution >= 0.6 is 0 Å². The summed E-state index contributed by atoms with van der Waals surface area (Å²) in [4.78, 5) is 6.89. The molecular formula is C23H31N3O2. The van der Waals surface area contributed by atoms with Gasteiger partial charge in [-0.15, -0.1) is 0 Å². The summed E-state index contributed by atoms with van der Waals surface area (Å²) in [6.45, 7) is 4.40. The molecule has 0 heterocycles. The molecule has 1 aliphatic rings. The first-order valence-corrected chi connectivity index (χ1v) is 9.99. The zero-order valence-electron chi connectivity index (χ0n) is 16.8. The van der Waals surface area contributed by atoms with Gasteiger partial charge in [0.1, 0.15) is 5.84 Å². The van der Waals surface area contributed by atoms with E-state index in [1.165, 1.54) is 5.56 Å². The van der Waals surface area contributed by atoms with Crippen LogP contribution in [0.5, 0.6) is 0 Å². The molecule has 2 aromatic rings. The number of hydrogen-bond acceptors (Lipinski definition) is 4. The normalized spacial score (nSPS) is 18.9. The zero-order chi connectivity index (χ0) is 19.9. The fourth-order valence-electron chi connectivity index (χ4n) is 3.46. The summed E-state index contributed by atoms with van der Waals surface area (Å²) in [5.74, 6) is 0.970. The highest BCUT2D eigenvalue weighted by Gasteiger charge is 2.27. The molecule has 3 N–H and O–H groups in total. The molecule has 5 nitrogen and oxygen atoms in total. The molecule has 2 atom stereocenters. The Morgan fingerprint density at radius 3 is 2.79 bits per heavy atom. The Morgan fingerprint density at radius 1 is 1.21 bits per heavy atom. The molecule has 0 aliphatic heterocycles. The molecule has 0 fully saturated rings. The van der Waals surface area contributed by atoms with Crippen LogP contribution in [0.3, 0.4) is 0 Å². The van der Waals surface area contributed by atoms with Gasteiger partial charge in [0.2, 0.25) is 0 Å². The third-order valence-electron chi connectivity index (χ3n) is 5.32. The standard InChI is InChI=1S/C23H31N3O2/c1-17(25-20-11-10-19-14-22(27)23(24)21(19)15-20)26(2)12-6-7-13-28-16-18-8-4-3-5-9-18/h3-5,8-11,15,22-23,27H,6-7,12-14,16,24H2,1-2H3/t22-,23-/m1/s1. The number of aliphatic imine (C=N–C) groups is 1. The van der Waals surface area contributed by atoms with Crippen molar-refractivity contribution in [3.05, 3.63) is 65.2 Å². The van der Waals surface area contributed by atoms with Crippen molar-refractivity contribution in [2.75, 3.05) is 20.2 Å². The number of aliphatic hydroxyl groups is 1. The number of aliphatic hydroxyl groups excluding tert-OH is 1. The minimum atomic E-state index is -0.484. The quantitative estimate of drug-likeness (QED) is 0.416. The van der Waals surface area contributed by atoms with Crippen molar-refractivity contribution in [2.24, 2.45) is 10.7 Å². The molecule has 3 rings (SSSR count). The van der Waals surface area contributed by atoms with Gasteiger partial charge >= 0.3 is 0 Å². The van der Waals surface area contributed by atoms with E-state index in [4.69, 9.17) is 15.5 Å². The fraction of sp³-hybridized carbons (Fsp3) is 0.435. The second-order valence-electron chi connectivity index (χ2n) is 7.51. The first-order chi connectivity index (χ1) is 13.5. The average Bonchev–Trinajstić information content (AvgIpc) is 2.99. The molecule has 0 amide bonds. The van der Waals surface area contributed by atoms with Crippen molar-refractivity contribution in [1.82, 2.24) is 4.90 Å². The number of ether oxygens (including phenoxy) is 1. The van der Waals surface area contributed by atoms with Gasteiger partial charge in [-0.25, -0.2) is 4.99 Å². The number of nitrogens with zero attached hydrogens (tertiary/aromatic N) is 2. The smallest absolute Gasteiger partial charge is 0.101 e. The fourth-order valence-corrected chi connectivity index (χ4v) is 3.46. The molecule has 2 aromatic carbocycles. The Labute approximate surface area is 167 Å². The summed E-state index contributed by atoms with van der Waals surface area (Å²) in [7, 11) is 2.06. The van der Waals surface area contributed by atoms with E-state index >= 15 is 0 Å². The first-order valence-electron chi connectivity index (χ1n) is 9.99. The van der Waals surface area contributed by atoms with Crippen LogP contribution in [-0.4, -0.2) is 42.1 Å². The van der Waals surface area contributed by atoms with E-state index in [1.54, 1.807) is 0 Å². The highest BCUT2D eigenvalue weighted by molar-refractivity contribution is 5.82. The molecule has 0 spiro atoms. The van der Waals surface area contributed by atoms with Crippen LogP contribution < -0.4 is 5.73 Å². The summed E-state index contributed by atoms with van der Waals surface area (Å²) in [6, 6.07) is 16.0. The highest BCUT2D eigenvalue weighted by Crippen LogP contribution is 2.32. The maximum absolute atomic E-state index is 9.92. The highest BCUT2D eigenvalue weighted by atomic mass is 16.5. The third kappa shape index (κ3) is 5.41. The zero-order valence-corrected chi connectivity index (χ0v) is 16.8. The Morgan fingerprint density at radius 2 is 2.00 bits per heavy atom. The monoisotopic (exact) mass is 381 g/mol. The summed E-state index contributed by atoms with van der Waals surface area (Å²) >= 11 is 0. The Bertz CT molecular complexity index is 792. The van der Waals surface area contributed by atoms with E-state index in [0.29, 0.717) is 13.0 Å². The number of benzene rings is 2. The SMILES string of the molecule is CC(=Nc1ccc2c(c1)[C@@H](N)[C@H](O)C2)N(C)CCCCOCc1ccccc1. The van der Waals surface area contributed by atoms with E-state index in [-0.39, 0.29) is 6.04 Å². The second-order valence-corrected chi connectivity index (χ2v) is 7.51. The molecule has 0 unspecified atom stereocenters. The van der Waals surface area contributed by atoms with Gasteiger partial charge in [0, 0.05) is 26.6 Å². The molecule has 0 saturated carbocycles. The number of unbranched alkanes of at least 4 members (excludes halogenated alkanes) is 1. The molecule has 28 heavy (non-hydrogen) atoms. The van der Waals surface area contributed by atoms with Crippen LogP contribution in [0.25, 0.3) is 0 Å². The summed E-state index contributed by atoms with van der Waals surface area (Å²) in [6.07, 6.45) is 2.23. The minimum Gasteiger partial charge on any atom is -0.391 e. The molecular weight excluding hydrogens is 350 g/mol. The van der Waals surface area contributed by atoms with E-state index in [2.05, 4.69) is 24.1 Å². The lowest BCUT2D eigenvalue weighted by atomic mass is 10.1. The maximum Gasteiger partial charge on any atom is 0.101 e. The lowest BCUT2D eigenvalue weighted by Crippen LogP contribution is -2.25. The van der Waals surface area contributed by atoms with E-state index in [1.807, 2.05) is 43.3 Å². The van der Waals surface area contributed by atoms with Crippen LogP contribution in [0.4, 0.5) is 5.69 Å². The number of nitrogens with two attached hydrogens (primary N) is 1. The number of amidine groups is 1. The third-order valence-corrected chi connectivity index (χ3v) is 5.32. The topological polar surface area (TPSA) is 71.1 Å². The van der Waals surface area contributed by atoms with Crippen LogP contribution in [0.15, 0.2) is 53.5 Å². The van der Waals surface area contributed by atoms with Gasteiger partial charge in [0.15, 0.2) is 0 Å². The molecule has 0 aromatic heterocycles. The van der Waals surface area contributed by atoms with Crippen LogP contribution in [0, 0.1) is 0 Å². The van der Waals surface area contributed by atoms with E-state index < -0.39 is 6.10 Å². The average molecular weight is 382 g/mol. The second kappa shape index (κ2) is 9.82. The Kier molecular flexibility index (Phi) is 7.20. The predicted octanol–water partition coefficient (Wildman–Crippen LogP) is 3.58. The van der Waals surface area contributed by atoms with Crippen molar-refractivity contribution in [1.29, 1.82) is 0 Å². The largest absolute Gasteiger partial charge is 0.391 e. The minimum absolute atomic E-state index is 0.306. The molecule has 5 heteroatoms. The molecule has 0 bridgehead atoms. The Hall–Kier alpha value is -2.21. The van der Waals surface area contributed by atoms with Gasteiger partial charge in [-0.3, -0.25) is 0 Å². The van der Waals surface area contributed by atoms with Gasteiger partial charge in [-0.2, -0.15) is 0 Å². The molecule has 1 aliphatic carbocycles. The van der Waals surface area contributed by atoms with Crippen molar-refractivity contribution in [3.63, 3.8) is 0 Å². The molecule has 0 radical (unpaired) electrons. The number of fused-ring (bicyclic) bond motifs is 1. The summed E-state index contributed by atoms with van der Waals surface area (Å²) < 4.78 is 5.74. The molecule has 150 valence electrons. The number of hydrogen-bond donors (Lipinski definition) is 2. The van der Waals surface area contributed by atoms with Crippen LogP contribution in [0.2, 0.25) is 0 Å². The van der Waals surface area contributed by atoms with Crippen LogP contribution in [0.1, 0.15) is 42.5 Å². The van der Waals surface area contributed by atoms with Crippen molar-refractivity contribution < 1.29 is 9.84 Å². The van der Waals surface area contributed by atoms with Gasteiger partial charge in [0.05, 0.1) is 24.4 Å². The molecule has 0 saturated heterocycles. The van der Waals surface area contributed by atoms with Gasteiger partial charge in [0.25, 0.3) is 0 Å². The Balaban J connectivity index is 1.41. The van der Waals surface area contributed by atoms with Crippen molar-refractivity contribution >= 4 is 11.5 Å². The summed E-state index contributed by atoms with van der Waals surface area (Å²) in [5.41, 5.74) is 10.3.